The number of hydrogen-bond acceptors (Lipinski definition) is 3. The summed E-state index contributed by atoms with van der Waals surface area (Å²) < 4.78 is 5.13. The summed E-state index contributed by atoms with van der Waals surface area (Å²) in [6, 6.07) is 14.7. The standard InChI is InChI=1S/C19H24N2O3/c1-14-4-6-15(7-5-14)12-20-19(23)21(2)18(13-22)16-8-10-17(24-3)11-9-16/h4-11,18,22H,12-13H2,1-3H3,(H,20,23). The number of carbonyl (C=O) groups is 1. The number of likely N-dealkylation sites (N-methyl/N-ethyl adjacent to an activating group) is 1. The molecule has 2 aromatic rings. The average molecular weight is 328 g/mol. The van der Waals surface area contributed by atoms with Gasteiger partial charge in [-0.15, -0.1) is 0 Å². The number of aryl methyl sites for hydroxylation is 1. The minimum absolute atomic E-state index is 0.152. The van der Waals surface area contributed by atoms with Crippen molar-refractivity contribution in [2.75, 3.05) is 20.8 Å². The van der Waals surface area contributed by atoms with E-state index in [4.69, 9.17) is 4.74 Å². The van der Waals surface area contributed by atoms with Crippen molar-refractivity contribution in [3.05, 3.63) is 65.2 Å². The number of nitrogens with zero attached hydrogens (tertiary/aromatic N) is 1. The fourth-order valence-electron chi connectivity index (χ4n) is 2.43. The van der Waals surface area contributed by atoms with Gasteiger partial charge in [-0.2, -0.15) is 0 Å². The first-order valence-electron chi connectivity index (χ1n) is 7.86. The lowest BCUT2D eigenvalue weighted by Gasteiger charge is -2.27. The highest BCUT2D eigenvalue weighted by Gasteiger charge is 2.20. The molecule has 2 rings (SSSR count). The summed E-state index contributed by atoms with van der Waals surface area (Å²) >= 11 is 0. The van der Waals surface area contributed by atoms with Gasteiger partial charge in [-0.3, -0.25) is 0 Å². The molecule has 0 aliphatic heterocycles. The maximum atomic E-state index is 12.4. The molecule has 0 heterocycles. The van der Waals surface area contributed by atoms with E-state index in [1.54, 1.807) is 14.2 Å². The number of methoxy groups -OCH3 is 1. The zero-order valence-electron chi connectivity index (χ0n) is 14.3. The molecule has 5 nitrogen and oxygen atoms in total. The minimum Gasteiger partial charge on any atom is -0.497 e. The van der Waals surface area contributed by atoms with Crippen LogP contribution in [-0.4, -0.2) is 36.8 Å². The van der Waals surface area contributed by atoms with Gasteiger partial charge in [-0.05, 0) is 30.2 Å². The molecule has 0 radical (unpaired) electrons. The zero-order chi connectivity index (χ0) is 17.5. The Balaban J connectivity index is 1.99. The highest BCUT2D eigenvalue weighted by molar-refractivity contribution is 5.74. The molecule has 0 aliphatic carbocycles. The second kappa shape index (κ2) is 8.36. The summed E-state index contributed by atoms with van der Waals surface area (Å²) in [4.78, 5) is 13.9. The molecule has 0 bridgehead atoms. The van der Waals surface area contributed by atoms with Gasteiger partial charge >= 0.3 is 6.03 Å². The number of nitrogens with one attached hydrogen (secondary N) is 1. The Bertz CT molecular complexity index is 653. The monoisotopic (exact) mass is 328 g/mol. The average Bonchev–Trinajstić information content (AvgIpc) is 2.62. The van der Waals surface area contributed by atoms with E-state index < -0.39 is 6.04 Å². The van der Waals surface area contributed by atoms with Crippen LogP contribution in [0.2, 0.25) is 0 Å². The number of aliphatic hydroxyl groups excluding tert-OH is 1. The Labute approximate surface area is 142 Å². The van der Waals surface area contributed by atoms with Gasteiger partial charge in [0.05, 0.1) is 19.8 Å². The van der Waals surface area contributed by atoms with Gasteiger partial charge in [0.1, 0.15) is 5.75 Å². The third kappa shape index (κ3) is 4.49. The van der Waals surface area contributed by atoms with Gasteiger partial charge in [0.15, 0.2) is 0 Å². The summed E-state index contributed by atoms with van der Waals surface area (Å²) in [5.74, 6) is 0.738. The lowest BCUT2D eigenvalue weighted by Crippen LogP contribution is -2.40. The summed E-state index contributed by atoms with van der Waals surface area (Å²) in [7, 11) is 3.28. The van der Waals surface area contributed by atoms with Crippen LogP contribution in [0.1, 0.15) is 22.7 Å². The molecule has 24 heavy (non-hydrogen) atoms. The number of rotatable bonds is 6. The highest BCUT2D eigenvalue weighted by Crippen LogP contribution is 2.21. The van der Waals surface area contributed by atoms with Gasteiger partial charge in [-0.1, -0.05) is 42.0 Å². The summed E-state index contributed by atoms with van der Waals surface area (Å²) in [5, 5.41) is 12.6. The van der Waals surface area contributed by atoms with Crippen molar-refractivity contribution in [2.24, 2.45) is 0 Å². The Morgan fingerprint density at radius 1 is 1.17 bits per heavy atom. The van der Waals surface area contributed by atoms with Crippen molar-refractivity contribution in [2.45, 2.75) is 19.5 Å². The molecule has 128 valence electrons. The van der Waals surface area contributed by atoms with Crippen LogP contribution in [0, 0.1) is 6.92 Å². The van der Waals surface area contributed by atoms with Crippen molar-refractivity contribution in [1.82, 2.24) is 10.2 Å². The van der Waals surface area contributed by atoms with Crippen LogP contribution in [0.4, 0.5) is 4.79 Å². The molecule has 1 unspecified atom stereocenters. The maximum Gasteiger partial charge on any atom is 0.318 e. The molecule has 2 N–H and O–H groups in total. The number of benzene rings is 2. The van der Waals surface area contributed by atoms with Crippen LogP contribution in [0.3, 0.4) is 0 Å². The van der Waals surface area contributed by atoms with Crippen LogP contribution >= 0.6 is 0 Å². The lowest BCUT2D eigenvalue weighted by atomic mass is 10.1. The number of aliphatic hydroxyl groups is 1. The maximum absolute atomic E-state index is 12.4. The van der Waals surface area contributed by atoms with E-state index in [2.05, 4.69) is 5.32 Å². The fraction of sp³-hybridized carbons (Fsp3) is 0.316. The molecule has 0 spiro atoms. The van der Waals surface area contributed by atoms with E-state index >= 15 is 0 Å². The van der Waals surface area contributed by atoms with Crippen LogP contribution in [0.25, 0.3) is 0 Å². The number of hydrogen-bond donors (Lipinski definition) is 2. The normalized spacial score (nSPS) is 11.7. The largest absolute Gasteiger partial charge is 0.497 e. The van der Waals surface area contributed by atoms with E-state index in [-0.39, 0.29) is 12.6 Å². The molecule has 2 amide bonds. The van der Waals surface area contributed by atoms with Crippen LogP contribution in [0.5, 0.6) is 5.75 Å². The molecule has 0 saturated heterocycles. The lowest BCUT2D eigenvalue weighted by molar-refractivity contribution is 0.149. The molecule has 0 aliphatic rings. The number of amides is 2. The number of ether oxygens (including phenoxy) is 1. The predicted octanol–water partition coefficient (Wildman–Crippen LogP) is 2.88. The molecule has 0 aromatic heterocycles. The zero-order valence-corrected chi connectivity index (χ0v) is 14.3. The van der Waals surface area contributed by atoms with Crippen molar-refractivity contribution in [3.8, 4) is 5.75 Å². The van der Waals surface area contributed by atoms with Gasteiger partial charge in [0, 0.05) is 13.6 Å². The van der Waals surface area contributed by atoms with Crippen molar-refractivity contribution >= 4 is 6.03 Å². The quantitative estimate of drug-likeness (QED) is 0.857. The summed E-state index contributed by atoms with van der Waals surface area (Å²) in [6.45, 7) is 2.32. The molecular formula is C19H24N2O3. The molecule has 0 fully saturated rings. The number of carbonyl (C=O) groups excluding carboxylic acids is 1. The summed E-state index contributed by atoms with van der Waals surface area (Å²) in [6.07, 6.45) is 0. The molecule has 5 heteroatoms. The summed E-state index contributed by atoms with van der Waals surface area (Å²) in [5.41, 5.74) is 3.07. The van der Waals surface area contributed by atoms with E-state index in [1.807, 2.05) is 55.5 Å². The van der Waals surface area contributed by atoms with Crippen molar-refractivity contribution in [3.63, 3.8) is 0 Å². The first-order chi connectivity index (χ1) is 11.5. The van der Waals surface area contributed by atoms with Crippen LogP contribution < -0.4 is 10.1 Å². The van der Waals surface area contributed by atoms with E-state index in [1.165, 1.54) is 10.5 Å². The second-order valence-corrected chi connectivity index (χ2v) is 5.73. The fourth-order valence-corrected chi connectivity index (χ4v) is 2.43. The third-order valence-corrected chi connectivity index (χ3v) is 4.03. The Hall–Kier alpha value is -2.53. The van der Waals surface area contributed by atoms with E-state index in [9.17, 15) is 9.90 Å². The predicted molar refractivity (Wildman–Crippen MR) is 94.0 cm³/mol. The van der Waals surface area contributed by atoms with Gasteiger partial charge < -0.3 is 20.1 Å². The Kier molecular flexibility index (Phi) is 6.21. The third-order valence-electron chi connectivity index (χ3n) is 4.03. The SMILES string of the molecule is COc1ccc(C(CO)N(C)C(=O)NCc2ccc(C)cc2)cc1. The van der Waals surface area contributed by atoms with E-state index in [0.717, 1.165) is 16.9 Å². The van der Waals surface area contributed by atoms with Crippen molar-refractivity contribution < 1.29 is 14.6 Å². The minimum atomic E-state index is -0.408. The van der Waals surface area contributed by atoms with Gasteiger partial charge in [0.25, 0.3) is 0 Å². The smallest absolute Gasteiger partial charge is 0.318 e. The topological polar surface area (TPSA) is 61.8 Å². The Morgan fingerprint density at radius 2 is 1.79 bits per heavy atom. The Morgan fingerprint density at radius 3 is 2.33 bits per heavy atom. The first kappa shape index (κ1) is 17.8. The van der Waals surface area contributed by atoms with E-state index in [0.29, 0.717) is 6.54 Å². The molecule has 2 aromatic carbocycles. The number of urea groups is 1. The van der Waals surface area contributed by atoms with Gasteiger partial charge in [-0.25, -0.2) is 4.79 Å². The molecule has 1 atom stereocenters. The van der Waals surface area contributed by atoms with Crippen molar-refractivity contribution in [1.29, 1.82) is 0 Å². The van der Waals surface area contributed by atoms with Crippen LogP contribution in [-0.2, 0) is 6.54 Å². The van der Waals surface area contributed by atoms with Gasteiger partial charge in [0.2, 0.25) is 0 Å². The second-order valence-electron chi connectivity index (χ2n) is 5.73. The van der Waals surface area contributed by atoms with Crippen LogP contribution in [0.15, 0.2) is 48.5 Å². The molecule has 0 saturated carbocycles. The highest BCUT2D eigenvalue weighted by atomic mass is 16.5. The first-order valence-corrected chi connectivity index (χ1v) is 7.86. The molecular weight excluding hydrogens is 304 g/mol.